The largest absolute Gasteiger partial charge is 0.355 e. The second-order valence-corrected chi connectivity index (χ2v) is 7.91. The summed E-state index contributed by atoms with van der Waals surface area (Å²) in [5.41, 5.74) is 1.40. The van der Waals surface area contributed by atoms with Crippen molar-refractivity contribution in [2.24, 2.45) is 5.41 Å². The Kier molecular flexibility index (Phi) is 7.57. The van der Waals surface area contributed by atoms with Crippen molar-refractivity contribution in [3.63, 3.8) is 0 Å². The first-order valence-corrected chi connectivity index (χ1v) is 10.0. The van der Waals surface area contributed by atoms with Crippen molar-refractivity contribution in [2.45, 2.75) is 47.6 Å². The van der Waals surface area contributed by atoms with Gasteiger partial charge in [0.05, 0.1) is 11.0 Å². The molecule has 0 fully saturated rings. The van der Waals surface area contributed by atoms with Crippen LogP contribution < -0.4 is 10.6 Å². The van der Waals surface area contributed by atoms with E-state index in [9.17, 15) is 9.59 Å². The molecule has 1 heterocycles. The summed E-state index contributed by atoms with van der Waals surface area (Å²) in [6.45, 7) is 13.7. The highest BCUT2D eigenvalue weighted by atomic mass is 16.2. The molecule has 1 aromatic carbocycles. The molecule has 0 atom stereocenters. The molecule has 0 aliphatic carbocycles. The number of nitrogens with zero attached hydrogens (tertiary/aromatic N) is 3. The van der Waals surface area contributed by atoms with Crippen molar-refractivity contribution in [2.75, 3.05) is 31.5 Å². The highest BCUT2D eigenvalue weighted by Crippen LogP contribution is 2.20. The number of likely N-dealkylation sites (N-methyl/N-ethyl adjacent to an activating group) is 1. The maximum absolute atomic E-state index is 12.4. The minimum absolute atomic E-state index is 0.0632. The van der Waals surface area contributed by atoms with Crippen LogP contribution in [0.5, 0.6) is 0 Å². The highest BCUT2D eigenvalue weighted by molar-refractivity contribution is 5.92. The number of para-hydroxylation sites is 2. The van der Waals surface area contributed by atoms with Crippen molar-refractivity contribution in [3.05, 3.63) is 24.3 Å². The van der Waals surface area contributed by atoms with Crippen LogP contribution >= 0.6 is 0 Å². The zero-order valence-corrected chi connectivity index (χ0v) is 17.7. The second-order valence-electron chi connectivity index (χ2n) is 7.91. The van der Waals surface area contributed by atoms with Gasteiger partial charge in [0.1, 0.15) is 0 Å². The fourth-order valence-electron chi connectivity index (χ4n) is 2.92. The number of anilines is 1. The monoisotopic (exact) mass is 387 g/mol. The average Bonchev–Trinajstić information content (AvgIpc) is 2.99. The van der Waals surface area contributed by atoms with E-state index in [1.54, 1.807) is 0 Å². The summed E-state index contributed by atoms with van der Waals surface area (Å²) in [7, 11) is 0. The second kappa shape index (κ2) is 9.68. The summed E-state index contributed by atoms with van der Waals surface area (Å²) in [6.07, 6.45) is 0.209. The Balaban J connectivity index is 2.05. The van der Waals surface area contributed by atoms with Crippen molar-refractivity contribution < 1.29 is 9.59 Å². The summed E-state index contributed by atoms with van der Waals surface area (Å²) < 4.78 is 2.05. The lowest BCUT2D eigenvalue weighted by molar-refractivity contribution is -0.128. The van der Waals surface area contributed by atoms with E-state index in [0.717, 1.165) is 37.2 Å². The summed E-state index contributed by atoms with van der Waals surface area (Å²) in [5, 5.41) is 5.72. The molecule has 28 heavy (non-hydrogen) atoms. The van der Waals surface area contributed by atoms with Gasteiger partial charge in [0, 0.05) is 31.5 Å². The topological polar surface area (TPSA) is 79.3 Å². The molecule has 0 radical (unpaired) electrons. The van der Waals surface area contributed by atoms with Gasteiger partial charge in [-0.2, -0.15) is 0 Å². The fourth-order valence-corrected chi connectivity index (χ4v) is 2.92. The van der Waals surface area contributed by atoms with E-state index >= 15 is 0 Å². The first-order valence-electron chi connectivity index (χ1n) is 10.0. The van der Waals surface area contributed by atoms with Crippen LogP contribution in [0.3, 0.4) is 0 Å². The molecule has 2 aromatic rings. The number of hydrogen-bond acceptors (Lipinski definition) is 4. The molecule has 0 aliphatic heterocycles. The third-order valence-electron chi connectivity index (χ3n) is 4.76. The molecule has 2 rings (SSSR count). The lowest BCUT2D eigenvalue weighted by atomic mass is 9.96. The van der Waals surface area contributed by atoms with Crippen LogP contribution in [0.15, 0.2) is 24.3 Å². The number of hydrogen-bond donors (Lipinski definition) is 2. The van der Waals surface area contributed by atoms with E-state index in [4.69, 9.17) is 0 Å². The van der Waals surface area contributed by atoms with Gasteiger partial charge in [-0.25, -0.2) is 4.98 Å². The maximum Gasteiger partial charge on any atom is 0.228 e. The Morgan fingerprint density at radius 2 is 1.82 bits per heavy atom. The molecule has 2 amide bonds. The number of amides is 2. The van der Waals surface area contributed by atoms with Crippen LogP contribution in [0.25, 0.3) is 11.0 Å². The van der Waals surface area contributed by atoms with E-state index in [2.05, 4.69) is 38.9 Å². The van der Waals surface area contributed by atoms with Gasteiger partial charge in [-0.3, -0.25) is 14.9 Å². The third kappa shape index (κ3) is 5.79. The van der Waals surface area contributed by atoms with Crippen molar-refractivity contribution in [3.8, 4) is 0 Å². The fraction of sp³-hybridized carbons (Fsp3) is 0.571. The number of carbonyl (C=O) groups is 2. The minimum atomic E-state index is -0.463. The summed E-state index contributed by atoms with van der Waals surface area (Å²) in [5.74, 6) is 0.334. The third-order valence-corrected chi connectivity index (χ3v) is 4.76. The van der Waals surface area contributed by atoms with Gasteiger partial charge in [-0.15, -0.1) is 0 Å². The normalized spacial score (nSPS) is 11.8. The molecule has 0 saturated carbocycles. The van der Waals surface area contributed by atoms with E-state index in [1.165, 1.54) is 0 Å². The van der Waals surface area contributed by atoms with Gasteiger partial charge in [0.15, 0.2) is 0 Å². The molecular formula is C21H33N5O2. The molecule has 7 heteroatoms. The van der Waals surface area contributed by atoms with E-state index in [0.29, 0.717) is 12.5 Å². The van der Waals surface area contributed by atoms with Gasteiger partial charge >= 0.3 is 0 Å². The van der Waals surface area contributed by atoms with Gasteiger partial charge in [0.25, 0.3) is 0 Å². The Morgan fingerprint density at radius 3 is 2.46 bits per heavy atom. The zero-order valence-electron chi connectivity index (χ0n) is 17.7. The molecule has 0 aliphatic rings. The number of rotatable bonds is 9. The molecule has 1 aromatic heterocycles. The molecule has 154 valence electrons. The Hall–Kier alpha value is -2.41. The summed E-state index contributed by atoms with van der Waals surface area (Å²) >= 11 is 0. The highest BCUT2D eigenvalue weighted by Gasteiger charge is 2.21. The zero-order chi connectivity index (χ0) is 20.7. The van der Waals surface area contributed by atoms with Crippen LogP contribution in [0.1, 0.15) is 41.0 Å². The van der Waals surface area contributed by atoms with Gasteiger partial charge < -0.3 is 14.8 Å². The first kappa shape index (κ1) is 21.9. The quantitative estimate of drug-likeness (QED) is 0.693. The predicted octanol–water partition coefficient (Wildman–Crippen LogP) is 2.87. The van der Waals surface area contributed by atoms with Gasteiger partial charge in [0.2, 0.25) is 17.8 Å². The van der Waals surface area contributed by atoms with Crippen LogP contribution in [0.4, 0.5) is 5.95 Å². The summed E-state index contributed by atoms with van der Waals surface area (Å²) in [6, 6.07) is 7.88. The molecular weight excluding hydrogens is 354 g/mol. The Labute approximate surface area is 167 Å². The van der Waals surface area contributed by atoms with Crippen LogP contribution in [0, 0.1) is 5.41 Å². The van der Waals surface area contributed by atoms with E-state index in [1.807, 2.05) is 45.0 Å². The number of imidazole rings is 1. The Bertz CT molecular complexity index is 803. The lowest BCUT2D eigenvalue weighted by Crippen LogP contribution is -2.36. The molecule has 2 N–H and O–H groups in total. The number of fused-ring (bicyclic) bond motifs is 1. The van der Waals surface area contributed by atoms with E-state index in [-0.39, 0.29) is 18.2 Å². The minimum Gasteiger partial charge on any atom is -0.355 e. The average molecular weight is 388 g/mol. The SMILES string of the molecule is CCN(CC)CCn1c(NC(=O)CCNC(=O)C(C)(C)C)nc2ccccc21. The summed E-state index contributed by atoms with van der Waals surface area (Å²) in [4.78, 5) is 31.2. The van der Waals surface area contributed by atoms with Crippen LogP contribution in [0.2, 0.25) is 0 Å². The molecule has 0 bridgehead atoms. The number of benzene rings is 1. The van der Waals surface area contributed by atoms with Crippen LogP contribution in [-0.2, 0) is 16.1 Å². The molecule has 0 spiro atoms. The lowest BCUT2D eigenvalue weighted by Gasteiger charge is -2.19. The number of aromatic nitrogens is 2. The van der Waals surface area contributed by atoms with Crippen molar-refractivity contribution in [1.29, 1.82) is 0 Å². The van der Waals surface area contributed by atoms with Crippen molar-refractivity contribution in [1.82, 2.24) is 19.8 Å². The standard InChI is InChI=1S/C21H33N5O2/c1-6-25(7-2)14-15-26-17-11-9-8-10-16(17)23-20(26)24-18(27)12-13-22-19(28)21(3,4)5/h8-11H,6-7,12-15H2,1-5H3,(H,22,28)(H,23,24,27). The number of nitrogens with one attached hydrogen (secondary N) is 2. The van der Waals surface area contributed by atoms with Gasteiger partial charge in [-0.05, 0) is 25.2 Å². The molecule has 0 saturated heterocycles. The van der Waals surface area contributed by atoms with Gasteiger partial charge in [-0.1, -0.05) is 46.8 Å². The predicted molar refractivity (Wildman–Crippen MR) is 113 cm³/mol. The maximum atomic E-state index is 12.4. The van der Waals surface area contributed by atoms with Crippen molar-refractivity contribution >= 4 is 28.8 Å². The molecule has 7 nitrogen and oxygen atoms in total. The van der Waals surface area contributed by atoms with Crippen LogP contribution in [-0.4, -0.2) is 52.4 Å². The van der Waals surface area contributed by atoms with E-state index < -0.39 is 5.41 Å². The Morgan fingerprint density at radius 1 is 1.14 bits per heavy atom. The first-order chi connectivity index (χ1) is 13.3. The number of carbonyl (C=O) groups excluding carboxylic acids is 2. The molecule has 0 unspecified atom stereocenters. The smallest absolute Gasteiger partial charge is 0.228 e.